The third kappa shape index (κ3) is 9.51. The van der Waals surface area contributed by atoms with E-state index in [-0.39, 0.29) is 23.6 Å². The molecule has 0 radical (unpaired) electrons. The third-order valence-corrected chi connectivity index (χ3v) is 11.2. The number of anilines is 2. The van der Waals surface area contributed by atoms with Gasteiger partial charge in [0.25, 0.3) is 11.8 Å². The van der Waals surface area contributed by atoms with Crippen LogP contribution in [-0.4, -0.2) is 42.7 Å². The fourth-order valence-corrected chi connectivity index (χ4v) is 8.28. The summed E-state index contributed by atoms with van der Waals surface area (Å²) in [5, 5.41) is 8.67. The number of nitrogens with one attached hydrogen (secondary N) is 3. The van der Waals surface area contributed by atoms with Crippen LogP contribution in [0.25, 0.3) is 6.08 Å². The molecule has 1 aromatic heterocycles. The van der Waals surface area contributed by atoms with Crippen LogP contribution in [0.3, 0.4) is 0 Å². The number of methoxy groups -OCH3 is 1. The highest BCUT2D eigenvalue weighted by atomic mass is 32.2. The van der Waals surface area contributed by atoms with Crippen molar-refractivity contribution in [2.45, 2.75) is 64.0 Å². The number of benzene rings is 3. The fraction of sp³-hybridized carbons (Fsp3) is 0.317. The van der Waals surface area contributed by atoms with Crippen molar-refractivity contribution in [1.29, 1.82) is 0 Å². The van der Waals surface area contributed by atoms with Gasteiger partial charge in [0.15, 0.2) is 0 Å². The van der Waals surface area contributed by atoms with Gasteiger partial charge in [-0.2, -0.15) is 0 Å². The Balaban J connectivity index is 1.31. The quantitative estimate of drug-likeness (QED) is 0.0756. The highest BCUT2D eigenvalue weighted by Crippen LogP contribution is 2.44. The predicted octanol–water partition coefficient (Wildman–Crippen LogP) is 8.61. The molecule has 0 bridgehead atoms. The van der Waals surface area contributed by atoms with Crippen LogP contribution in [0.2, 0.25) is 0 Å². The second-order valence-electron chi connectivity index (χ2n) is 13.6. The van der Waals surface area contributed by atoms with Crippen molar-refractivity contribution in [3.8, 4) is 5.75 Å². The topological polar surface area (TPSA) is 123 Å². The molecule has 5 rings (SSSR count). The molecule has 3 amide bonds. The number of hydrogen-bond donors (Lipinski definition) is 3. The molecule has 3 aromatic carbocycles. The molecule has 0 aliphatic heterocycles. The molecule has 4 aromatic rings. The molecule has 0 fully saturated rings. The van der Waals surface area contributed by atoms with Crippen LogP contribution in [0, 0.1) is 11.3 Å². The molecule has 0 spiro atoms. The first kappa shape index (κ1) is 38.4. The Morgan fingerprint density at radius 1 is 0.981 bits per heavy atom. The molecule has 2 unspecified atom stereocenters. The molecule has 52 heavy (non-hydrogen) atoms. The van der Waals surface area contributed by atoms with Crippen LogP contribution in [-0.2, 0) is 27.2 Å². The van der Waals surface area contributed by atoms with Crippen LogP contribution < -0.4 is 20.7 Å². The zero-order chi connectivity index (χ0) is 37.4. The predicted molar refractivity (Wildman–Crippen MR) is 209 cm³/mol. The minimum Gasteiger partial charge on any atom is -0.496 e. The standard InChI is InChI=1S/C41H45N3O6S2/c1-7-50-40(48)35-31-21-20-28(41(3,4)5)23-34(31)52-39(35)44-36(45)25(2)51-30-18-13-17-29(24-30)42-38(47)32(22-27-16-11-12-19-33(27)49-6)43-37(46)26-14-9-8-10-15-26/h8-19,22,24-25,28H,7,20-21,23H2,1-6H3,(H,42,47)(H,43,46)(H,44,45)/b32-22+. The van der Waals surface area contributed by atoms with Crippen LogP contribution in [0.1, 0.15) is 77.8 Å². The maximum Gasteiger partial charge on any atom is 0.341 e. The van der Waals surface area contributed by atoms with E-state index in [2.05, 4.69) is 36.7 Å². The summed E-state index contributed by atoms with van der Waals surface area (Å²) < 4.78 is 10.9. The lowest BCUT2D eigenvalue weighted by Crippen LogP contribution is -2.30. The van der Waals surface area contributed by atoms with E-state index >= 15 is 0 Å². The number of thiophene rings is 1. The Bertz CT molecular complexity index is 1960. The van der Waals surface area contributed by atoms with Crippen molar-refractivity contribution in [2.75, 3.05) is 24.4 Å². The monoisotopic (exact) mass is 739 g/mol. The van der Waals surface area contributed by atoms with Gasteiger partial charge < -0.3 is 25.4 Å². The minimum absolute atomic E-state index is 0.0222. The molecule has 1 aliphatic carbocycles. The number of thioether (sulfide) groups is 1. The summed E-state index contributed by atoms with van der Waals surface area (Å²) in [5.74, 6) is -0.613. The number of carbonyl (C=O) groups is 4. The Morgan fingerprint density at radius 2 is 1.71 bits per heavy atom. The van der Waals surface area contributed by atoms with E-state index in [1.54, 1.807) is 74.5 Å². The summed E-state index contributed by atoms with van der Waals surface area (Å²) in [6.07, 6.45) is 4.17. The van der Waals surface area contributed by atoms with Gasteiger partial charge in [0, 0.05) is 26.6 Å². The van der Waals surface area contributed by atoms with Gasteiger partial charge in [-0.1, -0.05) is 63.2 Å². The van der Waals surface area contributed by atoms with Gasteiger partial charge in [-0.15, -0.1) is 23.1 Å². The summed E-state index contributed by atoms with van der Waals surface area (Å²) in [4.78, 5) is 55.4. The number of hydrogen-bond acceptors (Lipinski definition) is 8. The molecule has 11 heteroatoms. The van der Waals surface area contributed by atoms with Crippen molar-refractivity contribution < 1.29 is 28.7 Å². The lowest BCUT2D eigenvalue weighted by atomic mass is 9.72. The molecule has 272 valence electrons. The SMILES string of the molecule is CCOC(=O)c1c(NC(=O)C(C)Sc2cccc(NC(=O)/C(=C\c3ccccc3OC)NC(=O)c3ccccc3)c2)sc2c1CCC(C(C)(C)C)C2. The zero-order valence-corrected chi connectivity index (χ0v) is 32.0. The smallest absolute Gasteiger partial charge is 0.341 e. The summed E-state index contributed by atoms with van der Waals surface area (Å²) in [7, 11) is 1.54. The van der Waals surface area contributed by atoms with Crippen LogP contribution in [0.4, 0.5) is 10.7 Å². The van der Waals surface area contributed by atoms with Crippen molar-refractivity contribution in [1.82, 2.24) is 5.32 Å². The zero-order valence-electron chi connectivity index (χ0n) is 30.3. The van der Waals surface area contributed by atoms with E-state index in [0.717, 1.165) is 34.6 Å². The molecule has 2 atom stereocenters. The molecule has 0 saturated carbocycles. The lowest BCUT2D eigenvalue weighted by molar-refractivity contribution is -0.115. The van der Waals surface area contributed by atoms with Crippen LogP contribution in [0.5, 0.6) is 5.75 Å². The number of esters is 1. The van der Waals surface area contributed by atoms with Crippen molar-refractivity contribution in [2.24, 2.45) is 11.3 Å². The maximum absolute atomic E-state index is 13.7. The Hall–Kier alpha value is -4.87. The van der Waals surface area contributed by atoms with E-state index in [9.17, 15) is 19.2 Å². The molecule has 9 nitrogen and oxygen atoms in total. The van der Waals surface area contributed by atoms with Crippen molar-refractivity contribution in [3.05, 3.63) is 112 Å². The first-order valence-electron chi connectivity index (χ1n) is 17.3. The number of amides is 3. The maximum atomic E-state index is 13.7. The third-order valence-electron chi connectivity index (χ3n) is 8.95. The fourth-order valence-electron chi connectivity index (χ4n) is 6.03. The number of fused-ring (bicyclic) bond motifs is 1. The number of ether oxygens (including phenoxy) is 2. The normalized spacial score (nSPS) is 14.8. The molecule has 1 aliphatic rings. The van der Waals surface area contributed by atoms with Gasteiger partial charge >= 0.3 is 5.97 Å². The van der Waals surface area contributed by atoms with Crippen molar-refractivity contribution >= 4 is 63.6 Å². The summed E-state index contributed by atoms with van der Waals surface area (Å²) in [5.41, 5.74) is 3.11. The van der Waals surface area contributed by atoms with Crippen molar-refractivity contribution in [3.63, 3.8) is 0 Å². The van der Waals surface area contributed by atoms with E-state index in [1.165, 1.54) is 30.2 Å². The molecule has 1 heterocycles. The summed E-state index contributed by atoms with van der Waals surface area (Å²) in [6.45, 7) is 10.5. The van der Waals surface area contributed by atoms with Crippen LogP contribution in [0.15, 0.2) is 89.5 Å². The average molecular weight is 740 g/mol. The Morgan fingerprint density at radius 3 is 2.42 bits per heavy atom. The first-order chi connectivity index (χ1) is 24.9. The van der Waals surface area contributed by atoms with Gasteiger partial charge in [-0.3, -0.25) is 14.4 Å². The van der Waals surface area contributed by atoms with E-state index in [4.69, 9.17) is 9.47 Å². The van der Waals surface area contributed by atoms with E-state index in [0.29, 0.717) is 39.0 Å². The Kier molecular flexibility index (Phi) is 12.6. The average Bonchev–Trinajstić information content (AvgIpc) is 3.49. The first-order valence-corrected chi connectivity index (χ1v) is 19.0. The van der Waals surface area contributed by atoms with Gasteiger partial charge in [0.2, 0.25) is 5.91 Å². The highest BCUT2D eigenvalue weighted by Gasteiger charge is 2.35. The second-order valence-corrected chi connectivity index (χ2v) is 16.1. The van der Waals surface area contributed by atoms with Crippen LogP contribution >= 0.6 is 23.1 Å². The summed E-state index contributed by atoms with van der Waals surface area (Å²) >= 11 is 2.80. The Labute approximate surface area is 313 Å². The van der Waals surface area contributed by atoms with Gasteiger partial charge in [-0.05, 0) is 92.5 Å². The minimum atomic E-state index is -0.537. The molecular formula is C41H45N3O6S2. The second kappa shape index (κ2) is 17.1. The number of para-hydroxylation sites is 1. The highest BCUT2D eigenvalue weighted by molar-refractivity contribution is 8.00. The van der Waals surface area contributed by atoms with Gasteiger partial charge in [-0.25, -0.2) is 4.79 Å². The molecular weight excluding hydrogens is 695 g/mol. The molecule has 0 saturated heterocycles. The molecule has 3 N–H and O–H groups in total. The van der Waals surface area contributed by atoms with Gasteiger partial charge in [0.1, 0.15) is 16.4 Å². The lowest BCUT2D eigenvalue weighted by Gasteiger charge is -2.33. The van der Waals surface area contributed by atoms with E-state index in [1.807, 2.05) is 24.3 Å². The largest absolute Gasteiger partial charge is 0.496 e. The number of rotatable bonds is 12. The van der Waals surface area contributed by atoms with Gasteiger partial charge in [0.05, 0.1) is 24.5 Å². The number of carbonyl (C=O) groups excluding carboxylic acids is 4. The van der Waals surface area contributed by atoms with E-state index < -0.39 is 23.0 Å². The summed E-state index contributed by atoms with van der Waals surface area (Å²) in [6, 6.07) is 23.0.